The molecule has 0 aliphatic carbocycles. The van der Waals surface area contributed by atoms with Crippen molar-refractivity contribution in [3.05, 3.63) is 23.3 Å². The van der Waals surface area contributed by atoms with Crippen molar-refractivity contribution < 1.29 is 19.4 Å². The molecule has 0 saturated carbocycles. The van der Waals surface area contributed by atoms with Crippen LogP contribution in [-0.2, 0) is 0 Å². The third kappa shape index (κ3) is 2.13. The lowest BCUT2D eigenvalue weighted by Crippen LogP contribution is -2.02. The van der Waals surface area contributed by atoms with Crippen LogP contribution in [0.25, 0.3) is 11.3 Å². The number of hydrogen-bond donors (Lipinski definition) is 3. The second-order valence-electron chi connectivity index (χ2n) is 4.19. The Morgan fingerprint density at radius 1 is 1.30 bits per heavy atom. The molecule has 0 aliphatic rings. The van der Waals surface area contributed by atoms with E-state index < -0.39 is 5.97 Å². The van der Waals surface area contributed by atoms with Gasteiger partial charge in [-0.1, -0.05) is 0 Å². The van der Waals surface area contributed by atoms with E-state index in [0.29, 0.717) is 22.8 Å². The highest BCUT2D eigenvalue weighted by molar-refractivity contribution is 6.00. The van der Waals surface area contributed by atoms with E-state index in [9.17, 15) is 9.90 Å². The van der Waals surface area contributed by atoms with Crippen LogP contribution in [0.2, 0.25) is 0 Å². The number of carbonyl (C=O) groups is 1. The normalized spacial score (nSPS) is 10.3. The highest BCUT2D eigenvalue weighted by Crippen LogP contribution is 2.36. The third-order valence-corrected chi connectivity index (χ3v) is 3.01. The molecule has 2 rings (SSSR count). The van der Waals surface area contributed by atoms with Crippen molar-refractivity contribution in [2.45, 2.75) is 6.92 Å². The molecule has 0 spiro atoms. The molecule has 0 aliphatic heterocycles. The zero-order valence-electron chi connectivity index (χ0n) is 11.4. The summed E-state index contributed by atoms with van der Waals surface area (Å²) in [5, 5.41) is 15.6. The summed E-state index contributed by atoms with van der Waals surface area (Å²) >= 11 is 0. The molecule has 20 heavy (non-hydrogen) atoms. The number of anilines is 1. The van der Waals surface area contributed by atoms with Crippen LogP contribution in [0.3, 0.4) is 0 Å². The quantitative estimate of drug-likeness (QED) is 0.784. The zero-order chi connectivity index (χ0) is 14.9. The van der Waals surface area contributed by atoms with Gasteiger partial charge in [-0.25, -0.2) is 4.79 Å². The predicted molar refractivity (Wildman–Crippen MR) is 73.2 cm³/mol. The Bertz CT molecular complexity index is 664. The maximum Gasteiger partial charge on any atom is 0.341 e. The van der Waals surface area contributed by atoms with Crippen LogP contribution in [0.15, 0.2) is 12.1 Å². The van der Waals surface area contributed by atoms with E-state index >= 15 is 0 Å². The van der Waals surface area contributed by atoms with Crippen LogP contribution >= 0.6 is 0 Å². The third-order valence-electron chi connectivity index (χ3n) is 3.01. The molecule has 1 heterocycles. The molecule has 7 heteroatoms. The van der Waals surface area contributed by atoms with Crippen LogP contribution in [0.4, 0.5) is 5.82 Å². The fraction of sp³-hybridized carbons (Fsp3) is 0.231. The summed E-state index contributed by atoms with van der Waals surface area (Å²) in [6.07, 6.45) is 0. The van der Waals surface area contributed by atoms with E-state index in [1.165, 1.54) is 14.2 Å². The number of nitrogen functional groups attached to an aromatic ring is 1. The number of carboxylic acid groups (broad SMARTS) is 1. The first-order valence-corrected chi connectivity index (χ1v) is 5.79. The first kappa shape index (κ1) is 13.7. The van der Waals surface area contributed by atoms with Crippen molar-refractivity contribution >= 4 is 11.8 Å². The van der Waals surface area contributed by atoms with Gasteiger partial charge in [-0.05, 0) is 24.6 Å². The summed E-state index contributed by atoms with van der Waals surface area (Å²) in [5.74, 6) is -0.127. The number of carboxylic acids is 1. The highest BCUT2D eigenvalue weighted by Gasteiger charge is 2.21. The second kappa shape index (κ2) is 5.12. The molecule has 0 radical (unpaired) electrons. The largest absolute Gasteiger partial charge is 0.493 e. The molecule has 1 aromatic heterocycles. The number of nitrogens with one attached hydrogen (secondary N) is 1. The molecule has 4 N–H and O–H groups in total. The first-order chi connectivity index (χ1) is 9.49. The molecule has 0 unspecified atom stereocenters. The summed E-state index contributed by atoms with van der Waals surface area (Å²) in [6, 6.07) is 3.45. The van der Waals surface area contributed by atoms with Gasteiger partial charge in [0.2, 0.25) is 0 Å². The number of ether oxygens (including phenoxy) is 2. The number of rotatable bonds is 4. The zero-order valence-corrected chi connectivity index (χ0v) is 11.4. The number of aryl methyl sites for hydroxylation is 1. The van der Waals surface area contributed by atoms with Crippen molar-refractivity contribution in [2.75, 3.05) is 20.0 Å². The molecule has 7 nitrogen and oxygen atoms in total. The van der Waals surface area contributed by atoms with Gasteiger partial charge in [0.1, 0.15) is 5.56 Å². The Labute approximate surface area is 115 Å². The highest BCUT2D eigenvalue weighted by atomic mass is 16.5. The van der Waals surface area contributed by atoms with Crippen LogP contribution in [0, 0.1) is 6.92 Å². The summed E-state index contributed by atoms with van der Waals surface area (Å²) in [7, 11) is 3.05. The van der Waals surface area contributed by atoms with E-state index in [1.54, 1.807) is 12.1 Å². The average Bonchev–Trinajstić information content (AvgIpc) is 2.80. The summed E-state index contributed by atoms with van der Waals surface area (Å²) in [4.78, 5) is 11.3. The van der Waals surface area contributed by atoms with Crippen molar-refractivity contribution in [1.29, 1.82) is 0 Å². The number of aromatic nitrogens is 2. The Kier molecular flexibility index (Phi) is 3.51. The standard InChI is InChI=1S/C13H15N3O4/c1-6-4-8(19-2)9(20-3)5-7(6)11-10(13(17)18)12(14)16-15-11/h4-5H,1-3H3,(H,17,18)(H3,14,15,16). The smallest absolute Gasteiger partial charge is 0.341 e. The summed E-state index contributed by atoms with van der Waals surface area (Å²) < 4.78 is 10.4. The van der Waals surface area contributed by atoms with E-state index in [0.717, 1.165) is 5.56 Å². The molecule has 0 amide bonds. The molecule has 0 bridgehead atoms. The van der Waals surface area contributed by atoms with Gasteiger partial charge in [0.25, 0.3) is 0 Å². The predicted octanol–water partition coefficient (Wildman–Crippen LogP) is 1.68. The van der Waals surface area contributed by atoms with Crippen LogP contribution in [-0.4, -0.2) is 35.5 Å². The van der Waals surface area contributed by atoms with Gasteiger partial charge in [0.05, 0.1) is 19.9 Å². The number of aromatic amines is 1. The first-order valence-electron chi connectivity index (χ1n) is 5.79. The fourth-order valence-electron chi connectivity index (χ4n) is 2.02. The van der Waals surface area contributed by atoms with Gasteiger partial charge >= 0.3 is 5.97 Å². The minimum absolute atomic E-state index is 0.0540. The molecule has 0 fully saturated rings. The maximum atomic E-state index is 11.3. The van der Waals surface area contributed by atoms with Crippen molar-refractivity contribution in [3.63, 3.8) is 0 Å². The number of benzene rings is 1. The summed E-state index contributed by atoms with van der Waals surface area (Å²) in [5.41, 5.74) is 7.32. The topological polar surface area (TPSA) is 110 Å². The fourth-order valence-corrected chi connectivity index (χ4v) is 2.02. The Morgan fingerprint density at radius 2 is 1.90 bits per heavy atom. The molecule has 0 atom stereocenters. The SMILES string of the molecule is COc1cc(C)c(-c2[nH]nc(N)c2C(=O)O)cc1OC. The number of nitrogens with zero attached hydrogens (tertiary/aromatic N) is 1. The van der Waals surface area contributed by atoms with Crippen LogP contribution in [0.5, 0.6) is 11.5 Å². The van der Waals surface area contributed by atoms with Gasteiger partial charge in [-0.15, -0.1) is 0 Å². The lowest BCUT2D eigenvalue weighted by Gasteiger charge is -2.12. The number of aromatic carboxylic acids is 1. The van der Waals surface area contributed by atoms with E-state index in [4.69, 9.17) is 15.2 Å². The monoisotopic (exact) mass is 277 g/mol. The van der Waals surface area contributed by atoms with Crippen LogP contribution in [0.1, 0.15) is 15.9 Å². The van der Waals surface area contributed by atoms with E-state index in [2.05, 4.69) is 10.2 Å². The number of H-pyrrole nitrogens is 1. The van der Waals surface area contributed by atoms with Gasteiger partial charge in [0, 0.05) is 5.56 Å². The van der Waals surface area contributed by atoms with E-state index in [-0.39, 0.29) is 11.4 Å². The summed E-state index contributed by atoms with van der Waals surface area (Å²) in [6.45, 7) is 1.83. The molecular formula is C13H15N3O4. The lowest BCUT2D eigenvalue weighted by atomic mass is 10.0. The van der Waals surface area contributed by atoms with Crippen molar-refractivity contribution in [1.82, 2.24) is 10.2 Å². The Morgan fingerprint density at radius 3 is 2.45 bits per heavy atom. The van der Waals surface area contributed by atoms with Crippen molar-refractivity contribution in [3.8, 4) is 22.8 Å². The van der Waals surface area contributed by atoms with E-state index in [1.807, 2.05) is 6.92 Å². The molecular weight excluding hydrogens is 262 g/mol. The average molecular weight is 277 g/mol. The Balaban J connectivity index is 2.67. The minimum Gasteiger partial charge on any atom is -0.493 e. The minimum atomic E-state index is -1.14. The van der Waals surface area contributed by atoms with Gasteiger partial charge in [0.15, 0.2) is 17.3 Å². The van der Waals surface area contributed by atoms with Gasteiger partial charge < -0.3 is 20.3 Å². The molecule has 106 valence electrons. The van der Waals surface area contributed by atoms with Gasteiger partial charge in [-0.3, -0.25) is 5.10 Å². The second-order valence-corrected chi connectivity index (χ2v) is 4.19. The van der Waals surface area contributed by atoms with Crippen LogP contribution < -0.4 is 15.2 Å². The van der Waals surface area contributed by atoms with Crippen molar-refractivity contribution in [2.24, 2.45) is 0 Å². The maximum absolute atomic E-state index is 11.3. The molecule has 1 aromatic carbocycles. The molecule has 2 aromatic rings. The lowest BCUT2D eigenvalue weighted by molar-refractivity contribution is 0.0699. The molecule has 0 saturated heterocycles. The Hall–Kier alpha value is -2.70. The number of hydrogen-bond acceptors (Lipinski definition) is 5. The number of methoxy groups -OCH3 is 2. The number of nitrogens with two attached hydrogens (primary N) is 1. The van der Waals surface area contributed by atoms with Gasteiger partial charge in [-0.2, -0.15) is 5.10 Å².